The molecule has 2 aromatic carbocycles. The van der Waals surface area contributed by atoms with Gasteiger partial charge < -0.3 is 14.8 Å². The molecule has 0 aliphatic carbocycles. The Balaban J connectivity index is 1.65. The zero-order chi connectivity index (χ0) is 21.5. The fourth-order valence-electron chi connectivity index (χ4n) is 2.60. The summed E-state index contributed by atoms with van der Waals surface area (Å²) < 4.78 is 10.7. The molecule has 0 atom stereocenters. The van der Waals surface area contributed by atoms with Gasteiger partial charge in [-0.15, -0.1) is 5.10 Å². The minimum Gasteiger partial charge on any atom is -0.495 e. The molecule has 156 valence electrons. The maximum Gasteiger partial charge on any atom is 0.271 e. The van der Waals surface area contributed by atoms with Crippen molar-refractivity contribution in [2.45, 2.75) is 12.1 Å². The van der Waals surface area contributed by atoms with E-state index in [9.17, 15) is 14.9 Å². The number of ether oxygens (including phenoxy) is 2. The number of nitrogens with one attached hydrogen (secondary N) is 2. The molecule has 1 aromatic heterocycles. The highest BCUT2D eigenvalue weighted by Gasteiger charge is 2.15. The highest BCUT2D eigenvalue weighted by Crippen LogP contribution is 2.30. The number of aromatic amines is 1. The number of rotatable bonds is 9. The topological polar surface area (TPSA) is 132 Å². The van der Waals surface area contributed by atoms with E-state index in [1.165, 1.54) is 25.3 Å². The average molecular weight is 429 g/mol. The summed E-state index contributed by atoms with van der Waals surface area (Å²) in [6, 6.07) is 11.4. The summed E-state index contributed by atoms with van der Waals surface area (Å²) in [5, 5.41) is 20.9. The summed E-state index contributed by atoms with van der Waals surface area (Å²) in [7, 11) is 1.42. The molecule has 2 N–H and O–H groups in total. The lowest BCUT2D eigenvalue weighted by molar-refractivity contribution is -0.384. The number of para-hydroxylation sites is 1. The molecule has 0 unspecified atom stereocenters. The van der Waals surface area contributed by atoms with Gasteiger partial charge in [-0.1, -0.05) is 23.9 Å². The van der Waals surface area contributed by atoms with E-state index in [-0.39, 0.29) is 23.0 Å². The lowest BCUT2D eigenvalue weighted by Gasteiger charge is -2.09. The van der Waals surface area contributed by atoms with Gasteiger partial charge in [-0.25, -0.2) is 4.98 Å². The van der Waals surface area contributed by atoms with Gasteiger partial charge in [0.2, 0.25) is 11.1 Å². The number of anilines is 1. The second kappa shape index (κ2) is 9.74. The smallest absolute Gasteiger partial charge is 0.271 e. The highest BCUT2D eigenvalue weighted by molar-refractivity contribution is 7.99. The van der Waals surface area contributed by atoms with E-state index in [2.05, 4.69) is 20.5 Å². The number of methoxy groups -OCH3 is 1. The summed E-state index contributed by atoms with van der Waals surface area (Å²) in [6.07, 6.45) is 0. The molecular weight excluding hydrogens is 410 g/mol. The van der Waals surface area contributed by atoms with E-state index in [0.717, 1.165) is 17.3 Å². The van der Waals surface area contributed by atoms with Crippen LogP contribution in [-0.2, 0) is 4.79 Å². The Hall–Kier alpha value is -3.60. The van der Waals surface area contributed by atoms with Gasteiger partial charge in [0, 0.05) is 12.1 Å². The number of carbonyl (C=O) groups is 1. The molecule has 0 bridgehead atoms. The van der Waals surface area contributed by atoms with Gasteiger partial charge in [0.1, 0.15) is 11.5 Å². The van der Waals surface area contributed by atoms with Crippen LogP contribution in [0.15, 0.2) is 47.6 Å². The van der Waals surface area contributed by atoms with Gasteiger partial charge >= 0.3 is 0 Å². The van der Waals surface area contributed by atoms with Crippen LogP contribution >= 0.6 is 11.8 Å². The van der Waals surface area contributed by atoms with Crippen LogP contribution in [0, 0.1) is 10.1 Å². The van der Waals surface area contributed by atoms with Crippen LogP contribution in [0.1, 0.15) is 6.92 Å². The fraction of sp³-hybridized carbons (Fsp3) is 0.211. The van der Waals surface area contributed by atoms with Crippen LogP contribution in [-0.4, -0.2) is 45.5 Å². The van der Waals surface area contributed by atoms with Crippen molar-refractivity contribution in [3.63, 3.8) is 0 Å². The third kappa shape index (κ3) is 5.06. The van der Waals surface area contributed by atoms with Crippen molar-refractivity contribution < 1.29 is 19.2 Å². The number of amides is 1. The van der Waals surface area contributed by atoms with Crippen molar-refractivity contribution in [3.05, 3.63) is 52.6 Å². The summed E-state index contributed by atoms with van der Waals surface area (Å²) in [4.78, 5) is 27.1. The van der Waals surface area contributed by atoms with E-state index >= 15 is 0 Å². The number of nitro benzene ring substituents is 1. The van der Waals surface area contributed by atoms with E-state index < -0.39 is 4.92 Å². The van der Waals surface area contributed by atoms with Crippen molar-refractivity contribution in [2.24, 2.45) is 0 Å². The Bertz CT molecular complexity index is 1060. The van der Waals surface area contributed by atoms with Crippen LogP contribution < -0.4 is 14.8 Å². The Morgan fingerprint density at radius 1 is 1.27 bits per heavy atom. The van der Waals surface area contributed by atoms with Crippen LogP contribution in [0.2, 0.25) is 0 Å². The minimum absolute atomic E-state index is 0.0102. The number of aromatic nitrogens is 3. The normalized spacial score (nSPS) is 10.5. The molecule has 0 fully saturated rings. The predicted molar refractivity (Wildman–Crippen MR) is 112 cm³/mol. The van der Waals surface area contributed by atoms with Crippen LogP contribution in [0.4, 0.5) is 11.4 Å². The van der Waals surface area contributed by atoms with Gasteiger partial charge in [0.15, 0.2) is 5.82 Å². The summed E-state index contributed by atoms with van der Waals surface area (Å²) in [6.45, 7) is 2.42. The number of benzene rings is 2. The molecule has 3 rings (SSSR count). The Kier molecular flexibility index (Phi) is 6.86. The van der Waals surface area contributed by atoms with Crippen LogP contribution in [0.3, 0.4) is 0 Å². The summed E-state index contributed by atoms with van der Waals surface area (Å²) in [5.74, 6) is 1.17. The van der Waals surface area contributed by atoms with Gasteiger partial charge in [0.25, 0.3) is 5.69 Å². The number of carbonyl (C=O) groups excluding carboxylic acids is 1. The summed E-state index contributed by atoms with van der Waals surface area (Å²) in [5.41, 5.74) is 0.841. The Morgan fingerprint density at radius 3 is 2.80 bits per heavy atom. The molecule has 1 amide bonds. The minimum atomic E-state index is -0.543. The van der Waals surface area contributed by atoms with E-state index in [4.69, 9.17) is 9.47 Å². The number of nitro groups is 1. The van der Waals surface area contributed by atoms with Gasteiger partial charge in [0.05, 0.1) is 35.6 Å². The molecule has 0 aliphatic heterocycles. The van der Waals surface area contributed by atoms with Crippen LogP contribution in [0.5, 0.6) is 11.5 Å². The first-order valence-corrected chi connectivity index (χ1v) is 9.90. The van der Waals surface area contributed by atoms with E-state index in [1.807, 2.05) is 31.2 Å². The highest BCUT2D eigenvalue weighted by atomic mass is 32.2. The number of non-ortho nitro benzene ring substituents is 1. The third-order valence-corrected chi connectivity index (χ3v) is 4.75. The van der Waals surface area contributed by atoms with Gasteiger partial charge in [-0.2, -0.15) is 0 Å². The zero-order valence-corrected chi connectivity index (χ0v) is 17.1. The number of H-pyrrole nitrogens is 1. The molecule has 0 saturated carbocycles. The number of hydrogen-bond donors (Lipinski definition) is 2. The van der Waals surface area contributed by atoms with Crippen molar-refractivity contribution in [1.29, 1.82) is 0 Å². The number of hydrogen-bond acceptors (Lipinski definition) is 8. The Labute approximate surface area is 176 Å². The van der Waals surface area contributed by atoms with E-state index in [1.54, 1.807) is 0 Å². The second-order valence-corrected chi connectivity index (χ2v) is 6.82. The first-order valence-electron chi connectivity index (χ1n) is 8.91. The molecule has 0 saturated heterocycles. The van der Waals surface area contributed by atoms with Crippen molar-refractivity contribution >= 4 is 29.0 Å². The zero-order valence-electron chi connectivity index (χ0n) is 16.2. The predicted octanol–water partition coefficient (Wildman–Crippen LogP) is 3.52. The number of nitrogens with zero attached hydrogens (tertiary/aromatic N) is 3. The van der Waals surface area contributed by atoms with Crippen molar-refractivity contribution in [1.82, 2.24) is 15.2 Å². The van der Waals surface area contributed by atoms with Crippen LogP contribution in [0.25, 0.3) is 11.4 Å². The quantitative estimate of drug-likeness (QED) is 0.300. The van der Waals surface area contributed by atoms with Crippen molar-refractivity contribution in [3.8, 4) is 22.9 Å². The molecule has 0 radical (unpaired) electrons. The lowest BCUT2D eigenvalue weighted by atomic mass is 10.2. The molecule has 10 nitrogen and oxygen atoms in total. The van der Waals surface area contributed by atoms with Gasteiger partial charge in [-0.3, -0.25) is 20.0 Å². The van der Waals surface area contributed by atoms with Crippen molar-refractivity contribution in [2.75, 3.05) is 24.8 Å². The summed E-state index contributed by atoms with van der Waals surface area (Å²) >= 11 is 1.13. The second-order valence-electron chi connectivity index (χ2n) is 5.87. The maximum absolute atomic E-state index is 12.3. The molecule has 11 heteroatoms. The average Bonchev–Trinajstić information content (AvgIpc) is 3.21. The molecular formula is C19H19N5O5S. The molecule has 3 aromatic rings. The molecule has 30 heavy (non-hydrogen) atoms. The largest absolute Gasteiger partial charge is 0.495 e. The number of thioether (sulfide) groups is 1. The first kappa shape index (κ1) is 21.1. The molecule has 0 aliphatic rings. The molecule has 1 heterocycles. The first-order chi connectivity index (χ1) is 14.5. The third-order valence-electron chi connectivity index (χ3n) is 3.91. The fourth-order valence-corrected chi connectivity index (χ4v) is 3.20. The molecule has 0 spiro atoms. The maximum atomic E-state index is 12.3. The van der Waals surface area contributed by atoms with E-state index in [0.29, 0.717) is 29.1 Å². The van der Waals surface area contributed by atoms with Gasteiger partial charge in [-0.05, 0) is 25.1 Å². The SMILES string of the molecule is CCOc1ccccc1-c1nc(SCC(=O)Nc2cc([N+](=O)[O-])ccc2OC)n[nH]1. The standard InChI is InChI=1S/C19H19N5O5S/c1-3-29-15-7-5-4-6-13(15)18-21-19(23-22-18)30-11-17(25)20-14-10-12(24(26)27)8-9-16(14)28-2/h4-10H,3,11H2,1-2H3,(H,20,25)(H,21,22,23). The lowest BCUT2D eigenvalue weighted by Crippen LogP contribution is -2.15. The monoisotopic (exact) mass is 429 g/mol. The Morgan fingerprint density at radius 2 is 2.07 bits per heavy atom.